The van der Waals surface area contributed by atoms with Gasteiger partial charge in [0.05, 0.1) is 22.2 Å². The topological polar surface area (TPSA) is 42.2 Å². The number of furan rings is 1. The van der Waals surface area contributed by atoms with Crippen LogP contribution in [0.25, 0.3) is 0 Å². The van der Waals surface area contributed by atoms with Crippen LogP contribution >= 0.6 is 43.2 Å². The average molecular weight is 365 g/mol. The molecule has 0 bridgehead atoms. The van der Waals surface area contributed by atoms with Crippen LogP contribution in [0.4, 0.5) is 0 Å². The van der Waals surface area contributed by atoms with E-state index in [4.69, 9.17) is 4.42 Å². The fourth-order valence-electron chi connectivity index (χ4n) is 1.17. The summed E-state index contributed by atoms with van der Waals surface area (Å²) in [5.74, 6) is -0.148. The maximum Gasteiger partial charge on any atom is 0.256 e. The number of halogens is 2. The summed E-state index contributed by atoms with van der Waals surface area (Å²) in [6.07, 6.45) is 1.47. The molecule has 0 atom stereocenters. The number of rotatable bonds is 3. The van der Waals surface area contributed by atoms with Crippen LogP contribution in [0.5, 0.6) is 0 Å². The van der Waals surface area contributed by atoms with E-state index in [9.17, 15) is 4.79 Å². The first kappa shape index (κ1) is 11.9. The van der Waals surface area contributed by atoms with Gasteiger partial charge in [-0.25, -0.2) is 0 Å². The molecule has 0 unspecified atom stereocenters. The monoisotopic (exact) mass is 363 g/mol. The maximum atomic E-state index is 11.7. The Kier molecular flexibility index (Phi) is 3.83. The number of hydrogen-bond donors (Lipinski definition) is 1. The number of carbonyl (C=O) groups excluding carboxylic acids is 1. The van der Waals surface area contributed by atoms with Crippen molar-refractivity contribution in [3.05, 3.63) is 43.4 Å². The molecule has 1 N–H and O–H groups in total. The largest absolute Gasteiger partial charge is 0.457 e. The number of amides is 1. The van der Waals surface area contributed by atoms with Crippen LogP contribution in [-0.4, -0.2) is 5.91 Å². The molecule has 0 aromatic carbocycles. The molecule has 0 saturated carbocycles. The van der Waals surface area contributed by atoms with Crippen molar-refractivity contribution in [2.24, 2.45) is 0 Å². The molecule has 1 amide bonds. The molecule has 2 aromatic rings. The van der Waals surface area contributed by atoms with Gasteiger partial charge in [0.25, 0.3) is 5.91 Å². The second-order valence-corrected chi connectivity index (χ2v) is 6.26. The molecule has 0 fully saturated rings. The highest BCUT2D eigenvalue weighted by atomic mass is 79.9. The standard InChI is InChI=1S/C10H7Br2NO2S/c11-8-2-1-6(16-8)5-13-10(14)7-3-4-15-9(7)12/h1-4H,5H2,(H,13,14). The summed E-state index contributed by atoms with van der Waals surface area (Å²) in [5.41, 5.74) is 0.510. The Hall–Kier alpha value is -0.590. The van der Waals surface area contributed by atoms with Crippen molar-refractivity contribution >= 4 is 49.1 Å². The van der Waals surface area contributed by atoms with Crippen LogP contribution in [-0.2, 0) is 6.54 Å². The lowest BCUT2D eigenvalue weighted by Gasteiger charge is -2.01. The predicted molar refractivity (Wildman–Crippen MR) is 69.6 cm³/mol. The molecule has 0 spiro atoms. The Bertz CT molecular complexity index is 506. The van der Waals surface area contributed by atoms with Crippen molar-refractivity contribution in [3.63, 3.8) is 0 Å². The second-order valence-electron chi connectivity index (χ2n) is 3.00. The van der Waals surface area contributed by atoms with E-state index in [1.807, 2.05) is 12.1 Å². The van der Waals surface area contributed by atoms with E-state index in [2.05, 4.69) is 37.2 Å². The summed E-state index contributed by atoms with van der Waals surface area (Å²) >= 11 is 8.14. The molecule has 0 aliphatic heterocycles. The molecule has 2 aromatic heterocycles. The van der Waals surface area contributed by atoms with Crippen LogP contribution in [0, 0.1) is 0 Å². The van der Waals surface area contributed by atoms with Gasteiger partial charge in [-0.2, -0.15) is 0 Å². The molecule has 0 saturated heterocycles. The molecule has 2 heterocycles. The van der Waals surface area contributed by atoms with E-state index >= 15 is 0 Å². The molecular weight excluding hydrogens is 358 g/mol. The lowest BCUT2D eigenvalue weighted by atomic mass is 10.3. The fraction of sp³-hybridized carbons (Fsp3) is 0.100. The second kappa shape index (κ2) is 5.16. The van der Waals surface area contributed by atoms with Crippen molar-refractivity contribution in [2.45, 2.75) is 6.54 Å². The molecule has 3 nitrogen and oxygen atoms in total. The van der Waals surface area contributed by atoms with Gasteiger partial charge in [-0.05, 0) is 50.1 Å². The minimum atomic E-state index is -0.148. The molecule has 6 heteroatoms. The zero-order valence-electron chi connectivity index (χ0n) is 8.00. The van der Waals surface area contributed by atoms with Crippen LogP contribution in [0.15, 0.2) is 37.3 Å². The van der Waals surface area contributed by atoms with Crippen LogP contribution in [0.2, 0.25) is 0 Å². The van der Waals surface area contributed by atoms with Crippen molar-refractivity contribution in [1.82, 2.24) is 5.32 Å². The number of hydrogen-bond acceptors (Lipinski definition) is 3. The van der Waals surface area contributed by atoms with Crippen LogP contribution in [0.3, 0.4) is 0 Å². The Balaban J connectivity index is 1.96. The molecule has 0 aliphatic carbocycles. The Labute approximate surface area is 113 Å². The van der Waals surface area contributed by atoms with Crippen molar-refractivity contribution < 1.29 is 9.21 Å². The van der Waals surface area contributed by atoms with Crippen LogP contribution < -0.4 is 5.32 Å². The van der Waals surface area contributed by atoms with Gasteiger partial charge in [-0.15, -0.1) is 11.3 Å². The molecule has 84 valence electrons. The minimum Gasteiger partial charge on any atom is -0.457 e. The van der Waals surface area contributed by atoms with Gasteiger partial charge in [0, 0.05) is 4.88 Å². The number of nitrogens with one attached hydrogen (secondary N) is 1. The van der Waals surface area contributed by atoms with Gasteiger partial charge >= 0.3 is 0 Å². The first-order chi connectivity index (χ1) is 7.66. The minimum absolute atomic E-state index is 0.148. The lowest BCUT2D eigenvalue weighted by Crippen LogP contribution is -2.22. The van der Waals surface area contributed by atoms with E-state index in [0.29, 0.717) is 16.8 Å². The van der Waals surface area contributed by atoms with E-state index in [1.54, 1.807) is 17.4 Å². The quantitative estimate of drug-likeness (QED) is 0.900. The van der Waals surface area contributed by atoms with Gasteiger partial charge in [0.2, 0.25) is 0 Å². The highest BCUT2D eigenvalue weighted by Gasteiger charge is 2.12. The Morgan fingerprint density at radius 3 is 2.75 bits per heavy atom. The third kappa shape index (κ3) is 2.75. The van der Waals surface area contributed by atoms with E-state index in [-0.39, 0.29) is 5.91 Å². The van der Waals surface area contributed by atoms with Crippen molar-refractivity contribution in [3.8, 4) is 0 Å². The normalized spacial score (nSPS) is 10.4. The Morgan fingerprint density at radius 1 is 1.38 bits per heavy atom. The molecule has 2 rings (SSSR count). The van der Waals surface area contributed by atoms with Crippen molar-refractivity contribution in [2.75, 3.05) is 0 Å². The summed E-state index contributed by atoms with van der Waals surface area (Å²) in [7, 11) is 0. The summed E-state index contributed by atoms with van der Waals surface area (Å²) in [4.78, 5) is 12.8. The van der Waals surface area contributed by atoms with Gasteiger partial charge in [-0.3, -0.25) is 4.79 Å². The first-order valence-corrected chi connectivity index (χ1v) is 6.82. The zero-order chi connectivity index (χ0) is 11.5. The maximum absolute atomic E-state index is 11.7. The van der Waals surface area contributed by atoms with Gasteiger partial charge in [0.15, 0.2) is 4.67 Å². The molecule has 0 aliphatic rings. The molecule has 0 radical (unpaired) electrons. The average Bonchev–Trinajstić information content (AvgIpc) is 2.84. The third-order valence-electron chi connectivity index (χ3n) is 1.91. The van der Waals surface area contributed by atoms with E-state index < -0.39 is 0 Å². The smallest absolute Gasteiger partial charge is 0.256 e. The molecular formula is C10H7Br2NO2S. The van der Waals surface area contributed by atoms with Gasteiger partial charge in [-0.1, -0.05) is 0 Å². The highest BCUT2D eigenvalue weighted by molar-refractivity contribution is 9.11. The Morgan fingerprint density at radius 2 is 2.19 bits per heavy atom. The summed E-state index contributed by atoms with van der Waals surface area (Å²) in [6.45, 7) is 0.521. The van der Waals surface area contributed by atoms with Crippen molar-refractivity contribution in [1.29, 1.82) is 0 Å². The summed E-state index contributed by atoms with van der Waals surface area (Å²) in [5, 5.41) is 2.82. The SMILES string of the molecule is O=C(NCc1ccc(Br)s1)c1ccoc1Br. The molecule has 16 heavy (non-hydrogen) atoms. The predicted octanol–water partition coefficient (Wildman–Crippen LogP) is 3.80. The first-order valence-electron chi connectivity index (χ1n) is 4.42. The summed E-state index contributed by atoms with van der Waals surface area (Å²) in [6, 6.07) is 5.56. The zero-order valence-corrected chi connectivity index (χ0v) is 12.0. The van der Waals surface area contributed by atoms with E-state index in [0.717, 1.165) is 8.66 Å². The van der Waals surface area contributed by atoms with Crippen LogP contribution in [0.1, 0.15) is 15.2 Å². The van der Waals surface area contributed by atoms with E-state index in [1.165, 1.54) is 6.26 Å². The summed E-state index contributed by atoms with van der Waals surface area (Å²) < 4.78 is 6.51. The fourth-order valence-corrected chi connectivity index (χ4v) is 3.01. The highest BCUT2D eigenvalue weighted by Crippen LogP contribution is 2.22. The number of carbonyl (C=O) groups is 1. The van der Waals surface area contributed by atoms with Gasteiger partial charge < -0.3 is 9.73 Å². The number of thiophene rings is 1. The van der Waals surface area contributed by atoms with Gasteiger partial charge in [0.1, 0.15) is 0 Å². The third-order valence-corrected chi connectivity index (χ3v) is 4.15. The lowest BCUT2D eigenvalue weighted by molar-refractivity contribution is 0.0949.